The molecule has 1 unspecified atom stereocenters. The summed E-state index contributed by atoms with van der Waals surface area (Å²) in [6.45, 7) is 7.47. The molecular formula is C10H17ClN4O. The number of halogens is 1. The van der Waals surface area contributed by atoms with Crippen molar-refractivity contribution < 1.29 is 4.74 Å². The lowest BCUT2D eigenvalue weighted by atomic mass is 10.1. The van der Waals surface area contributed by atoms with Crippen LogP contribution >= 0.6 is 11.6 Å². The van der Waals surface area contributed by atoms with E-state index in [0.29, 0.717) is 18.5 Å². The number of ether oxygens (including phenoxy) is 1. The second kappa shape index (κ2) is 6.48. The molecule has 0 aromatic carbocycles. The van der Waals surface area contributed by atoms with E-state index in [1.54, 1.807) is 0 Å². The number of rotatable bonds is 6. The maximum atomic E-state index is 5.75. The van der Waals surface area contributed by atoms with E-state index >= 15 is 0 Å². The summed E-state index contributed by atoms with van der Waals surface area (Å²) >= 11 is 5.75. The molecule has 1 rings (SSSR count). The highest BCUT2D eigenvalue weighted by molar-refractivity contribution is 6.28. The van der Waals surface area contributed by atoms with E-state index < -0.39 is 0 Å². The Labute approximate surface area is 101 Å². The average molecular weight is 245 g/mol. The first-order valence-electron chi connectivity index (χ1n) is 5.44. The molecule has 1 aromatic heterocycles. The molecule has 90 valence electrons. The van der Waals surface area contributed by atoms with E-state index in [2.05, 4.69) is 34.1 Å². The highest BCUT2D eigenvalue weighted by Gasteiger charge is 2.06. The van der Waals surface area contributed by atoms with E-state index in [4.69, 9.17) is 16.3 Å². The average Bonchev–Trinajstić information content (AvgIpc) is 2.25. The molecule has 0 spiro atoms. The monoisotopic (exact) mass is 244 g/mol. The fourth-order valence-corrected chi connectivity index (χ4v) is 1.17. The Morgan fingerprint density at radius 2 is 2.06 bits per heavy atom. The van der Waals surface area contributed by atoms with Gasteiger partial charge in [0, 0.05) is 6.54 Å². The van der Waals surface area contributed by atoms with Crippen LogP contribution in [-0.4, -0.2) is 28.1 Å². The molecule has 1 aromatic rings. The quantitative estimate of drug-likeness (QED) is 0.833. The van der Waals surface area contributed by atoms with Crippen molar-refractivity contribution in [1.82, 2.24) is 15.0 Å². The molecule has 0 saturated heterocycles. The van der Waals surface area contributed by atoms with Crippen LogP contribution in [0.1, 0.15) is 27.2 Å². The third kappa shape index (κ3) is 4.18. The maximum absolute atomic E-state index is 5.75. The molecule has 0 aliphatic rings. The van der Waals surface area contributed by atoms with Gasteiger partial charge in [0.05, 0.1) is 6.61 Å². The van der Waals surface area contributed by atoms with Gasteiger partial charge in [0.15, 0.2) is 0 Å². The molecule has 0 fully saturated rings. The van der Waals surface area contributed by atoms with Crippen molar-refractivity contribution in [3.8, 4) is 6.01 Å². The van der Waals surface area contributed by atoms with E-state index in [0.717, 1.165) is 13.0 Å². The largest absolute Gasteiger partial charge is 0.464 e. The summed E-state index contributed by atoms with van der Waals surface area (Å²) in [5.74, 6) is 1.02. The summed E-state index contributed by atoms with van der Waals surface area (Å²) in [4.78, 5) is 11.9. The van der Waals surface area contributed by atoms with Crippen LogP contribution in [0.3, 0.4) is 0 Å². The Morgan fingerprint density at radius 3 is 2.69 bits per heavy atom. The molecule has 1 N–H and O–H groups in total. The number of nitrogens with zero attached hydrogens (tertiary/aromatic N) is 3. The van der Waals surface area contributed by atoms with Gasteiger partial charge < -0.3 is 10.1 Å². The first-order chi connectivity index (χ1) is 7.65. The SMILES string of the molecule is CCOc1nc(Cl)nc(NCC(C)CC)n1. The lowest BCUT2D eigenvalue weighted by Gasteiger charge is -2.10. The Balaban J connectivity index is 2.64. The van der Waals surface area contributed by atoms with Crippen LogP contribution in [0.4, 0.5) is 5.95 Å². The third-order valence-corrected chi connectivity index (χ3v) is 2.34. The van der Waals surface area contributed by atoms with Crippen LogP contribution in [0, 0.1) is 5.92 Å². The summed E-state index contributed by atoms with van der Waals surface area (Å²) < 4.78 is 5.17. The van der Waals surface area contributed by atoms with Crippen molar-refractivity contribution >= 4 is 17.5 Å². The van der Waals surface area contributed by atoms with E-state index in [1.165, 1.54) is 0 Å². The predicted octanol–water partition coefficient (Wildman–Crippen LogP) is 2.38. The summed E-state index contributed by atoms with van der Waals surface area (Å²) in [6, 6.07) is 0.258. The van der Waals surface area contributed by atoms with Gasteiger partial charge in [0.25, 0.3) is 0 Å². The Bertz CT molecular complexity index is 335. The first-order valence-corrected chi connectivity index (χ1v) is 5.81. The molecule has 6 heteroatoms. The Kier molecular flexibility index (Phi) is 5.25. The number of hydrogen-bond donors (Lipinski definition) is 1. The lowest BCUT2D eigenvalue weighted by Crippen LogP contribution is -2.13. The highest BCUT2D eigenvalue weighted by Crippen LogP contribution is 2.12. The van der Waals surface area contributed by atoms with Crippen LogP contribution < -0.4 is 10.1 Å². The van der Waals surface area contributed by atoms with Crippen LogP contribution in [0.15, 0.2) is 0 Å². The zero-order valence-electron chi connectivity index (χ0n) is 9.83. The van der Waals surface area contributed by atoms with Gasteiger partial charge in [-0.25, -0.2) is 0 Å². The van der Waals surface area contributed by atoms with Crippen molar-refractivity contribution in [3.05, 3.63) is 5.28 Å². The van der Waals surface area contributed by atoms with Crippen molar-refractivity contribution in [1.29, 1.82) is 0 Å². The third-order valence-electron chi connectivity index (χ3n) is 2.17. The van der Waals surface area contributed by atoms with Crippen molar-refractivity contribution in [2.45, 2.75) is 27.2 Å². The maximum Gasteiger partial charge on any atom is 0.322 e. The molecule has 0 bridgehead atoms. The normalized spacial score (nSPS) is 12.2. The minimum atomic E-state index is 0.144. The number of nitrogens with one attached hydrogen (secondary N) is 1. The van der Waals surface area contributed by atoms with Crippen LogP contribution in [0.25, 0.3) is 0 Å². The molecule has 1 atom stereocenters. The fourth-order valence-electron chi connectivity index (χ4n) is 1.01. The van der Waals surface area contributed by atoms with Gasteiger partial charge in [0.1, 0.15) is 0 Å². The molecular weight excluding hydrogens is 228 g/mol. The van der Waals surface area contributed by atoms with Crippen LogP contribution in [-0.2, 0) is 0 Å². The van der Waals surface area contributed by atoms with Crippen molar-refractivity contribution in [3.63, 3.8) is 0 Å². The molecule has 0 aliphatic carbocycles. The molecule has 0 amide bonds. The standard InChI is InChI=1S/C10H17ClN4O/c1-4-7(3)6-12-9-13-8(11)14-10(15-9)16-5-2/h7H,4-6H2,1-3H3,(H,12,13,14,15). The zero-order valence-corrected chi connectivity index (χ0v) is 10.6. The van der Waals surface area contributed by atoms with E-state index in [1.807, 2.05) is 6.92 Å². The van der Waals surface area contributed by atoms with Gasteiger partial charge in [-0.1, -0.05) is 20.3 Å². The van der Waals surface area contributed by atoms with Gasteiger partial charge in [-0.3, -0.25) is 0 Å². The first kappa shape index (κ1) is 13.0. The number of anilines is 1. The second-order valence-electron chi connectivity index (χ2n) is 3.54. The zero-order chi connectivity index (χ0) is 12.0. The topological polar surface area (TPSA) is 59.9 Å². The summed E-state index contributed by atoms with van der Waals surface area (Å²) in [5.41, 5.74) is 0. The van der Waals surface area contributed by atoms with Gasteiger partial charge in [-0.2, -0.15) is 15.0 Å². The van der Waals surface area contributed by atoms with Gasteiger partial charge in [-0.05, 0) is 24.4 Å². The minimum absolute atomic E-state index is 0.144. The summed E-state index contributed by atoms with van der Waals surface area (Å²) in [5, 5.41) is 3.25. The number of hydrogen-bond acceptors (Lipinski definition) is 5. The second-order valence-corrected chi connectivity index (χ2v) is 3.88. The molecule has 0 radical (unpaired) electrons. The highest BCUT2D eigenvalue weighted by atomic mass is 35.5. The van der Waals surface area contributed by atoms with Gasteiger partial charge in [0.2, 0.25) is 11.2 Å². The van der Waals surface area contributed by atoms with Crippen molar-refractivity contribution in [2.75, 3.05) is 18.5 Å². The Morgan fingerprint density at radius 1 is 1.31 bits per heavy atom. The molecule has 1 heterocycles. The molecule has 0 aliphatic heterocycles. The van der Waals surface area contributed by atoms with Gasteiger partial charge >= 0.3 is 6.01 Å². The van der Waals surface area contributed by atoms with Gasteiger partial charge in [-0.15, -0.1) is 0 Å². The van der Waals surface area contributed by atoms with Crippen molar-refractivity contribution in [2.24, 2.45) is 5.92 Å². The Hall–Kier alpha value is -1.10. The van der Waals surface area contributed by atoms with Crippen LogP contribution in [0.2, 0.25) is 5.28 Å². The van der Waals surface area contributed by atoms with E-state index in [9.17, 15) is 0 Å². The fraction of sp³-hybridized carbons (Fsp3) is 0.700. The smallest absolute Gasteiger partial charge is 0.322 e. The van der Waals surface area contributed by atoms with Crippen LogP contribution in [0.5, 0.6) is 6.01 Å². The predicted molar refractivity (Wildman–Crippen MR) is 64.0 cm³/mol. The number of aromatic nitrogens is 3. The molecule has 5 nitrogen and oxygen atoms in total. The summed E-state index contributed by atoms with van der Waals surface area (Å²) in [7, 11) is 0. The summed E-state index contributed by atoms with van der Waals surface area (Å²) in [6.07, 6.45) is 1.10. The lowest BCUT2D eigenvalue weighted by molar-refractivity contribution is 0.312. The minimum Gasteiger partial charge on any atom is -0.464 e. The molecule has 16 heavy (non-hydrogen) atoms. The van der Waals surface area contributed by atoms with E-state index in [-0.39, 0.29) is 11.3 Å². The molecule has 0 saturated carbocycles.